The fourth-order valence-electron chi connectivity index (χ4n) is 3.59. The molecule has 2 aromatic carbocycles. The minimum absolute atomic E-state index is 0.0960. The summed E-state index contributed by atoms with van der Waals surface area (Å²) in [5, 5.41) is 3.67. The molecule has 0 saturated heterocycles. The Balaban J connectivity index is 1.85. The first-order chi connectivity index (χ1) is 11.6. The minimum atomic E-state index is -0.0960. The van der Waals surface area contributed by atoms with Crippen molar-refractivity contribution in [3.8, 4) is 0 Å². The second kappa shape index (κ2) is 6.14. The number of benzene rings is 2. The van der Waals surface area contributed by atoms with Crippen LogP contribution in [0.2, 0.25) is 0 Å². The van der Waals surface area contributed by atoms with Crippen molar-refractivity contribution in [1.29, 1.82) is 0 Å². The molecule has 0 bridgehead atoms. The molecule has 24 heavy (non-hydrogen) atoms. The molecule has 1 aliphatic carbocycles. The molecule has 1 heterocycles. The molecule has 3 atom stereocenters. The van der Waals surface area contributed by atoms with E-state index in [2.05, 4.69) is 67.7 Å². The van der Waals surface area contributed by atoms with Crippen molar-refractivity contribution in [3.63, 3.8) is 0 Å². The molecular weight excluding hydrogens is 314 g/mol. The van der Waals surface area contributed by atoms with Gasteiger partial charge in [-0.3, -0.25) is 4.79 Å². The molecular formula is C21H21NOS. The van der Waals surface area contributed by atoms with Gasteiger partial charge in [-0.1, -0.05) is 55.0 Å². The quantitative estimate of drug-likeness (QED) is 0.760. The van der Waals surface area contributed by atoms with Gasteiger partial charge in [0, 0.05) is 22.3 Å². The van der Waals surface area contributed by atoms with Crippen LogP contribution < -0.4 is 5.32 Å². The molecule has 2 aliphatic rings. The van der Waals surface area contributed by atoms with Gasteiger partial charge >= 0.3 is 0 Å². The zero-order valence-electron chi connectivity index (χ0n) is 14.0. The second-order valence-electron chi connectivity index (χ2n) is 6.82. The number of carbonyl (C=O) groups is 1. The van der Waals surface area contributed by atoms with Gasteiger partial charge < -0.3 is 5.32 Å². The van der Waals surface area contributed by atoms with E-state index in [4.69, 9.17) is 0 Å². The normalized spacial score (nSPS) is 25.8. The van der Waals surface area contributed by atoms with Gasteiger partial charge in [0.2, 0.25) is 0 Å². The van der Waals surface area contributed by atoms with Crippen LogP contribution in [0.3, 0.4) is 0 Å². The fourth-order valence-corrected chi connectivity index (χ4v) is 4.99. The Labute approximate surface area is 147 Å². The number of nitrogens with one attached hydrogen (secondary N) is 1. The number of allylic oxidation sites excluding steroid dienone is 2. The first-order valence-electron chi connectivity index (χ1n) is 8.45. The molecule has 122 valence electrons. The monoisotopic (exact) mass is 335 g/mol. The highest BCUT2D eigenvalue weighted by molar-refractivity contribution is 7.99. The number of hydrogen-bond donors (Lipinski definition) is 1. The third-order valence-electron chi connectivity index (χ3n) is 4.80. The van der Waals surface area contributed by atoms with Gasteiger partial charge in [-0.2, -0.15) is 0 Å². The van der Waals surface area contributed by atoms with Crippen molar-refractivity contribution < 1.29 is 4.79 Å². The lowest BCUT2D eigenvalue weighted by molar-refractivity contribution is -0.122. The van der Waals surface area contributed by atoms with Gasteiger partial charge in [0.15, 0.2) is 0 Å². The number of rotatable bonds is 1. The topological polar surface area (TPSA) is 29.1 Å². The van der Waals surface area contributed by atoms with Crippen molar-refractivity contribution in [3.05, 3.63) is 71.4 Å². The highest BCUT2D eigenvalue weighted by Crippen LogP contribution is 2.51. The Morgan fingerprint density at radius 3 is 2.62 bits per heavy atom. The van der Waals surface area contributed by atoms with Crippen LogP contribution in [0.15, 0.2) is 65.2 Å². The molecule has 0 amide bonds. The standard InChI is InChI=1S/C21H21NOS/c1-13-7-9-15(10-8-13)21-20-17(11-14(2)12-18(20)23)22-16-5-3-4-6-19(16)24-21/h3-11,14,20-22H,12H2,1-2H3/t14-,20+,21+/m1/s1. The van der Waals surface area contributed by atoms with E-state index >= 15 is 0 Å². The predicted molar refractivity (Wildman–Crippen MR) is 100 cm³/mol. The van der Waals surface area contributed by atoms with Crippen molar-refractivity contribution in [2.45, 2.75) is 30.4 Å². The summed E-state index contributed by atoms with van der Waals surface area (Å²) in [6.45, 7) is 4.22. The van der Waals surface area contributed by atoms with Crippen LogP contribution >= 0.6 is 11.8 Å². The van der Waals surface area contributed by atoms with Crippen LogP contribution in [-0.4, -0.2) is 5.78 Å². The largest absolute Gasteiger partial charge is 0.358 e. The highest BCUT2D eigenvalue weighted by Gasteiger charge is 2.39. The van der Waals surface area contributed by atoms with Gasteiger partial charge in [0.05, 0.1) is 11.6 Å². The Morgan fingerprint density at radius 2 is 1.83 bits per heavy atom. The Hall–Kier alpha value is -2.00. The summed E-state index contributed by atoms with van der Waals surface area (Å²) in [4.78, 5) is 14.1. The number of ketones is 1. The van der Waals surface area contributed by atoms with Gasteiger partial charge in [0.1, 0.15) is 5.78 Å². The van der Waals surface area contributed by atoms with E-state index in [-0.39, 0.29) is 11.2 Å². The van der Waals surface area contributed by atoms with Crippen molar-refractivity contribution in [2.75, 3.05) is 5.32 Å². The number of thioether (sulfide) groups is 1. The maximum Gasteiger partial charge on any atom is 0.143 e. The first kappa shape index (κ1) is 15.5. The van der Waals surface area contributed by atoms with E-state index in [1.54, 1.807) is 11.8 Å². The summed E-state index contributed by atoms with van der Waals surface area (Å²) in [7, 11) is 0. The number of fused-ring (bicyclic) bond motifs is 2. The van der Waals surface area contributed by atoms with E-state index in [1.165, 1.54) is 16.0 Å². The van der Waals surface area contributed by atoms with Gasteiger partial charge in [0.25, 0.3) is 0 Å². The number of aryl methyl sites for hydroxylation is 1. The number of Topliss-reactive ketones (excluding diaryl/α,β-unsaturated/α-hetero) is 1. The van der Waals surface area contributed by atoms with Crippen LogP contribution in [0.25, 0.3) is 0 Å². The van der Waals surface area contributed by atoms with Gasteiger partial charge in [-0.05, 0) is 30.5 Å². The molecule has 0 spiro atoms. The molecule has 0 unspecified atom stereocenters. The molecule has 0 aromatic heterocycles. The van der Waals surface area contributed by atoms with Gasteiger partial charge in [-0.15, -0.1) is 11.8 Å². The molecule has 1 aliphatic heterocycles. The molecule has 2 aromatic rings. The van der Waals surface area contributed by atoms with Crippen LogP contribution in [0, 0.1) is 18.8 Å². The SMILES string of the molecule is Cc1ccc([C@@H]2Sc3ccccc3NC3=C[C@@H](C)CC(=O)[C@H]32)cc1. The van der Waals surface area contributed by atoms with E-state index in [0.29, 0.717) is 18.1 Å². The maximum atomic E-state index is 12.9. The van der Waals surface area contributed by atoms with Crippen molar-refractivity contribution in [2.24, 2.45) is 11.8 Å². The van der Waals surface area contributed by atoms with Crippen LogP contribution in [0.5, 0.6) is 0 Å². The zero-order chi connectivity index (χ0) is 16.7. The second-order valence-corrected chi connectivity index (χ2v) is 8.00. The van der Waals surface area contributed by atoms with E-state index in [0.717, 1.165) is 11.4 Å². The Morgan fingerprint density at radius 1 is 1.08 bits per heavy atom. The van der Waals surface area contributed by atoms with Crippen molar-refractivity contribution >= 4 is 23.2 Å². The summed E-state index contributed by atoms with van der Waals surface area (Å²) < 4.78 is 0. The summed E-state index contributed by atoms with van der Waals surface area (Å²) in [6.07, 6.45) is 2.88. The summed E-state index contributed by atoms with van der Waals surface area (Å²) in [5.74, 6) is 0.546. The van der Waals surface area contributed by atoms with Crippen LogP contribution in [-0.2, 0) is 4.79 Å². The lowest BCUT2D eigenvalue weighted by Gasteiger charge is -2.30. The average Bonchev–Trinajstić information content (AvgIpc) is 2.72. The zero-order valence-corrected chi connectivity index (χ0v) is 14.8. The number of para-hydroxylation sites is 1. The molecule has 2 nitrogen and oxygen atoms in total. The number of carbonyl (C=O) groups excluding carboxylic acids is 1. The Kier molecular flexibility index (Phi) is 3.97. The van der Waals surface area contributed by atoms with E-state index < -0.39 is 0 Å². The molecule has 1 N–H and O–H groups in total. The van der Waals surface area contributed by atoms with Crippen molar-refractivity contribution in [1.82, 2.24) is 0 Å². The average molecular weight is 335 g/mol. The van der Waals surface area contributed by atoms with E-state index in [9.17, 15) is 4.79 Å². The third-order valence-corrected chi connectivity index (χ3v) is 6.21. The number of anilines is 1. The molecule has 0 saturated carbocycles. The summed E-state index contributed by atoms with van der Waals surface area (Å²) >= 11 is 1.80. The first-order valence-corrected chi connectivity index (χ1v) is 9.33. The fraction of sp³-hybridized carbons (Fsp3) is 0.286. The molecule has 3 heteroatoms. The molecule has 4 rings (SSSR count). The number of hydrogen-bond acceptors (Lipinski definition) is 3. The van der Waals surface area contributed by atoms with Crippen LogP contribution in [0.1, 0.15) is 29.7 Å². The Bertz CT molecular complexity index is 809. The summed E-state index contributed by atoms with van der Waals surface area (Å²) in [6, 6.07) is 17.0. The summed E-state index contributed by atoms with van der Waals surface area (Å²) in [5.41, 5.74) is 4.65. The third kappa shape index (κ3) is 2.78. The predicted octanol–water partition coefficient (Wildman–Crippen LogP) is 5.36. The lowest BCUT2D eigenvalue weighted by Crippen LogP contribution is -2.30. The minimum Gasteiger partial charge on any atom is -0.358 e. The van der Waals surface area contributed by atoms with Gasteiger partial charge in [-0.25, -0.2) is 0 Å². The molecule has 0 radical (unpaired) electrons. The molecule has 0 fully saturated rings. The van der Waals surface area contributed by atoms with E-state index in [1.807, 2.05) is 6.07 Å². The lowest BCUT2D eigenvalue weighted by atomic mass is 9.81. The maximum absolute atomic E-state index is 12.9. The highest BCUT2D eigenvalue weighted by atomic mass is 32.2. The van der Waals surface area contributed by atoms with Crippen LogP contribution in [0.4, 0.5) is 5.69 Å². The smallest absolute Gasteiger partial charge is 0.143 e.